The SMILES string of the molecule is CCCCNC(=O)[C@@H](CC)N(Cc1ccc(Cl)cc1)C(=O)Cc1c(F)cccc1Cl. The first-order valence-electron chi connectivity index (χ1n) is 10.1. The smallest absolute Gasteiger partial charge is 0.242 e. The summed E-state index contributed by atoms with van der Waals surface area (Å²) in [6, 6.07) is 10.7. The van der Waals surface area contributed by atoms with Gasteiger partial charge in [-0.3, -0.25) is 9.59 Å². The van der Waals surface area contributed by atoms with Gasteiger partial charge in [0.2, 0.25) is 11.8 Å². The molecule has 0 saturated carbocycles. The molecule has 0 aromatic heterocycles. The quantitative estimate of drug-likeness (QED) is 0.490. The van der Waals surface area contributed by atoms with Crippen molar-refractivity contribution < 1.29 is 14.0 Å². The van der Waals surface area contributed by atoms with Crippen molar-refractivity contribution in [3.05, 3.63) is 69.5 Å². The maximum Gasteiger partial charge on any atom is 0.242 e. The third-order valence-electron chi connectivity index (χ3n) is 4.87. The standard InChI is InChI=1S/C23H27Cl2FN2O2/c1-3-5-13-27-23(30)21(4-2)28(15-16-9-11-17(24)12-10-16)22(29)14-18-19(25)7-6-8-20(18)26/h6-12,21H,3-5,13-15H2,1-2H3,(H,27,30)/t21-/m1/s1. The van der Waals surface area contributed by atoms with Crippen molar-refractivity contribution in [3.8, 4) is 0 Å². The number of carbonyl (C=O) groups is 2. The molecule has 4 nitrogen and oxygen atoms in total. The van der Waals surface area contributed by atoms with Crippen LogP contribution in [0.4, 0.5) is 4.39 Å². The Morgan fingerprint density at radius 3 is 2.40 bits per heavy atom. The maximum atomic E-state index is 14.2. The molecule has 0 fully saturated rings. The van der Waals surface area contributed by atoms with E-state index in [9.17, 15) is 14.0 Å². The lowest BCUT2D eigenvalue weighted by Crippen LogP contribution is -2.49. The number of rotatable bonds is 10. The zero-order chi connectivity index (χ0) is 22.1. The van der Waals surface area contributed by atoms with Crippen LogP contribution in [0.15, 0.2) is 42.5 Å². The largest absolute Gasteiger partial charge is 0.354 e. The van der Waals surface area contributed by atoms with E-state index in [1.54, 1.807) is 30.3 Å². The molecular weight excluding hydrogens is 426 g/mol. The summed E-state index contributed by atoms with van der Waals surface area (Å²) in [5.74, 6) is -1.12. The van der Waals surface area contributed by atoms with Crippen molar-refractivity contribution in [1.29, 1.82) is 0 Å². The molecule has 0 unspecified atom stereocenters. The van der Waals surface area contributed by atoms with Gasteiger partial charge in [0.05, 0.1) is 6.42 Å². The number of halogens is 3. The summed E-state index contributed by atoms with van der Waals surface area (Å²) >= 11 is 12.1. The average molecular weight is 453 g/mol. The van der Waals surface area contributed by atoms with Gasteiger partial charge in [-0.15, -0.1) is 0 Å². The molecule has 162 valence electrons. The molecule has 0 spiro atoms. The molecule has 0 aliphatic rings. The van der Waals surface area contributed by atoms with Crippen molar-refractivity contribution in [2.24, 2.45) is 0 Å². The van der Waals surface area contributed by atoms with E-state index in [1.165, 1.54) is 17.0 Å². The third-order valence-corrected chi connectivity index (χ3v) is 5.48. The highest BCUT2D eigenvalue weighted by Gasteiger charge is 2.29. The summed E-state index contributed by atoms with van der Waals surface area (Å²) in [5, 5.41) is 3.67. The van der Waals surface area contributed by atoms with Gasteiger partial charge in [0.1, 0.15) is 11.9 Å². The van der Waals surface area contributed by atoms with Gasteiger partial charge < -0.3 is 10.2 Å². The van der Waals surface area contributed by atoms with Crippen LogP contribution in [-0.4, -0.2) is 29.3 Å². The Kier molecular flexibility index (Phi) is 9.60. The maximum absolute atomic E-state index is 14.2. The number of nitrogens with one attached hydrogen (secondary N) is 1. The van der Waals surface area contributed by atoms with E-state index in [2.05, 4.69) is 5.32 Å². The third kappa shape index (κ3) is 6.71. The Morgan fingerprint density at radius 1 is 1.10 bits per heavy atom. The molecule has 0 radical (unpaired) electrons. The summed E-state index contributed by atoms with van der Waals surface area (Å²) in [6.07, 6.45) is 2.02. The van der Waals surface area contributed by atoms with E-state index in [1.807, 2.05) is 13.8 Å². The minimum atomic E-state index is -0.671. The van der Waals surface area contributed by atoms with Crippen LogP contribution >= 0.6 is 23.2 Å². The molecule has 2 aromatic carbocycles. The molecule has 2 rings (SSSR count). The number of benzene rings is 2. The predicted molar refractivity (Wildman–Crippen MR) is 119 cm³/mol. The Bertz CT molecular complexity index is 839. The van der Waals surface area contributed by atoms with Gasteiger partial charge in [-0.1, -0.05) is 61.7 Å². The van der Waals surface area contributed by atoms with E-state index >= 15 is 0 Å². The minimum absolute atomic E-state index is 0.131. The molecule has 0 heterocycles. The van der Waals surface area contributed by atoms with E-state index < -0.39 is 11.9 Å². The average Bonchev–Trinajstić information content (AvgIpc) is 2.72. The van der Waals surface area contributed by atoms with E-state index in [0.29, 0.717) is 18.0 Å². The first-order valence-corrected chi connectivity index (χ1v) is 10.9. The van der Waals surface area contributed by atoms with Crippen LogP contribution < -0.4 is 5.32 Å². The van der Waals surface area contributed by atoms with Crippen molar-refractivity contribution in [1.82, 2.24) is 10.2 Å². The Labute approximate surface area is 187 Å². The highest BCUT2D eigenvalue weighted by molar-refractivity contribution is 6.31. The van der Waals surface area contributed by atoms with Gasteiger partial charge >= 0.3 is 0 Å². The van der Waals surface area contributed by atoms with Crippen LogP contribution in [-0.2, 0) is 22.6 Å². The summed E-state index contributed by atoms with van der Waals surface area (Å²) < 4.78 is 14.2. The molecule has 2 aromatic rings. The number of carbonyl (C=O) groups excluding carboxylic acids is 2. The molecule has 7 heteroatoms. The number of unbranched alkanes of at least 4 members (excludes halogenated alkanes) is 1. The van der Waals surface area contributed by atoms with Crippen LogP contribution in [0.5, 0.6) is 0 Å². The van der Waals surface area contributed by atoms with Gasteiger partial charge in [-0.2, -0.15) is 0 Å². The van der Waals surface area contributed by atoms with Gasteiger partial charge in [-0.05, 0) is 42.7 Å². The Morgan fingerprint density at radius 2 is 1.80 bits per heavy atom. The van der Waals surface area contributed by atoms with Gasteiger partial charge in [-0.25, -0.2) is 4.39 Å². The second kappa shape index (κ2) is 11.9. The zero-order valence-corrected chi connectivity index (χ0v) is 18.8. The summed E-state index contributed by atoms with van der Waals surface area (Å²) in [5.41, 5.74) is 0.957. The molecule has 0 bridgehead atoms. The van der Waals surface area contributed by atoms with E-state index in [-0.39, 0.29) is 35.4 Å². The van der Waals surface area contributed by atoms with Crippen molar-refractivity contribution in [2.45, 2.75) is 52.1 Å². The second-order valence-corrected chi connectivity index (χ2v) is 7.94. The lowest BCUT2D eigenvalue weighted by Gasteiger charge is -2.31. The van der Waals surface area contributed by atoms with E-state index in [0.717, 1.165) is 18.4 Å². The van der Waals surface area contributed by atoms with Crippen LogP contribution in [0.3, 0.4) is 0 Å². The number of amides is 2. The number of hydrogen-bond acceptors (Lipinski definition) is 2. The first kappa shape index (κ1) is 24.2. The lowest BCUT2D eigenvalue weighted by atomic mass is 10.1. The monoisotopic (exact) mass is 452 g/mol. The highest BCUT2D eigenvalue weighted by atomic mass is 35.5. The number of nitrogens with zero attached hydrogens (tertiary/aromatic N) is 1. The second-order valence-electron chi connectivity index (χ2n) is 7.09. The van der Waals surface area contributed by atoms with Crippen LogP contribution in [0.1, 0.15) is 44.2 Å². The molecule has 0 aliphatic carbocycles. The van der Waals surface area contributed by atoms with Gasteiger partial charge in [0.25, 0.3) is 0 Å². The normalized spacial score (nSPS) is 11.8. The summed E-state index contributed by atoms with van der Waals surface area (Å²) in [7, 11) is 0. The van der Waals surface area contributed by atoms with Gasteiger partial charge in [0.15, 0.2) is 0 Å². The fourth-order valence-electron chi connectivity index (χ4n) is 3.17. The van der Waals surface area contributed by atoms with Crippen molar-refractivity contribution in [3.63, 3.8) is 0 Å². The molecular formula is C23H27Cl2FN2O2. The van der Waals surface area contributed by atoms with Crippen LogP contribution in [0.2, 0.25) is 10.0 Å². The molecule has 0 aliphatic heterocycles. The van der Waals surface area contributed by atoms with Gasteiger partial charge in [0, 0.05) is 28.7 Å². The van der Waals surface area contributed by atoms with Crippen molar-refractivity contribution in [2.75, 3.05) is 6.54 Å². The highest BCUT2D eigenvalue weighted by Crippen LogP contribution is 2.22. The summed E-state index contributed by atoms with van der Waals surface area (Å²) in [4.78, 5) is 27.5. The van der Waals surface area contributed by atoms with Crippen molar-refractivity contribution >= 4 is 35.0 Å². The Balaban J connectivity index is 2.29. The fourth-order valence-corrected chi connectivity index (χ4v) is 3.52. The van der Waals surface area contributed by atoms with Crippen LogP contribution in [0, 0.1) is 5.82 Å². The molecule has 1 N–H and O–H groups in total. The van der Waals surface area contributed by atoms with Crippen LogP contribution in [0.25, 0.3) is 0 Å². The molecule has 0 saturated heterocycles. The lowest BCUT2D eigenvalue weighted by molar-refractivity contribution is -0.141. The summed E-state index contributed by atoms with van der Waals surface area (Å²) in [6.45, 7) is 4.65. The number of hydrogen-bond donors (Lipinski definition) is 1. The molecule has 30 heavy (non-hydrogen) atoms. The van der Waals surface area contributed by atoms with E-state index in [4.69, 9.17) is 23.2 Å². The first-order chi connectivity index (χ1) is 14.4. The minimum Gasteiger partial charge on any atom is -0.354 e. The Hall–Kier alpha value is -2.11. The molecule has 1 atom stereocenters. The zero-order valence-electron chi connectivity index (χ0n) is 17.3. The predicted octanol–water partition coefficient (Wildman–Crippen LogP) is 5.40. The fraction of sp³-hybridized carbons (Fsp3) is 0.391. The topological polar surface area (TPSA) is 49.4 Å². The molecule has 2 amide bonds.